The van der Waals surface area contributed by atoms with E-state index in [-0.39, 0.29) is 0 Å². The highest BCUT2D eigenvalue weighted by Crippen LogP contribution is 2.33. The maximum Gasteiger partial charge on any atom is 0.163 e. The first-order valence-electron chi connectivity index (χ1n) is 7.47. The van der Waals surface area contributed by atoms with Crippen molar-refractivity contribution in [1.82, 2.24) is 0 Å². The van der Waals surface area contributed by atoms with Gasteiger partial charge in [-0.2, -0.15) is 11.8 Å². The standard InChI is InChI=1S/C17H24OS/c1-2-7-15(16-10-6-11-19-13-16)12-17(18)14-8-4-3-5-9-14/h3-5,8-9,15-16H,2,6-7,10-13H2,1H3. The molecule has 1 aliphatic heterocycles. The quantitative estimate of drug-likeness (QED) is 0.693. The minimum Gasteiger partial charge on any atom is -0.294 e. The van der Waals surface area contributed by atoms with Crippen LogP contribution in [0.1, 0.15) is 49.4 Å². The highest BCUT2D eigenvalue weighted by atomic mass is 32.2. The molecule has 1 fully saturated rings. The summed E-state index contributed by atoms with van der Waals surface area (Å²) >= 11 is 2.07. The summed E-state index contributed by atoms with van der Waals surface area (Å²) in [6, 6.07) is 9.77. The van der Waals surface area contributed by atoms with Gasteiger partial charge in [-0.3, -0.25) is 4.79 Å². The van der Waals surface area contributed by atoms with Crippen LogP contribution in [0.4, 0.5) is 0 Å². The van der Waals surface area contributed by atoms with Crippen LogP contribution in [0.3, 0.4) is 0 Å². The topological polar surface area (TPSA) is 17.1 Å². The molecule has 1 heterocycles. The van der Waals surface area contributed by atoms with E-state index in [9.17, 15) is 4.79 Å². The van der Waals surface area contributed by atoms with Gasteiger partial charge in [-0.05, 0) is 42.6 Å². The van der Waals surface area contributed by atoms with Gasteiger partial charge in [0, 0.05) is 12.0 Å². The molecule has 1 aliphatic rings. The molecule has 2 rings (SSSR count). The molecule has 0 saturated carbocycles. The van der Waals surface area contributed by atoms with E-state index < -0.39 is 0 Å². The summed E-state index contributed by atoms with van der Waals surface area (Å²) in [7, 11) is 0. The SMILES string of the molecule is CCCC(CC(=O)c1ccccc1)C1CCCSC1. The molecule has 1 saturated heterocycles. The van der Waals surface area contributed by atoms with Crippen molar-refractivity contribution in [2.45, 2.75) is 39.0 Å². The van der Waals surface area contributed by atoms with Crippen LogP contribution in [-0.2, 0) is 0 Å². The van der Waals surface area contributed by atoms with Crippen molar-refractivity contribution < 1.29 is 4.79 Å². The van der Waals surface area contributed by atoms with Gasteiger partial charge in [0.1, 0.15) is 0 Å². The third-order valence-electron chi connectivity index (χ3n) is 4.06. The van der Waals surface area contributed by atoms with Crippen LogP contribution in [-0.4, -0.2) is 17.3 Å². The summed E-state index contributed by atoms with van der Waals surface area (Å²) in [6.07, 6.45) is 5.77. The van der Waals surface area contributed by atoms with Gasteiger partial charge in [0.05, 0.1) is 0 Å². The van der Waals surface area contributed by atoms with E-state index in [1.807, 2.05) is 30.3 Å². The Labute approximate surface area is 121 Å². The monoisotopic (exact) mass is 276 g/mol. The van der Waals surface area contributed by atoms with Crippen molar-refractivity contribution in [2.24, 2.45) is 11.8 Å². The van der Waals surface area contributed by atoms with Crippen LogP contribution in [0.5, 0.6) is 0 Å². The fourth-order valence-electron chi connectivity index (χ4n) is 2.99. The Hall–Kier alpha value is -0.760. The molecule has 1 nitrogen and oxygen atoms in total. The molecule has 2 atom stereocenters. The van der Waals surface area contributed by atoms with Crippen molar-refractivity contribution >= 4 is 17.5 Å². The molecule has 0 aliphatic carbocycles. The van der Waals surface area contributed by atoms with Gasteiger partial charge >= 0.3 is 0 Å². The molecular weight excluding hydrogens is 252 g/mol. The van der Waals surface area contributed by atoms with E-state index in [1.165, 1.54) is 37.2 Å². The van der Waals surface area contributed by atoms with Crippen LogP contribution in [0.25, 0.3) is 0 Å². The number of benzene rings is 1. The molecule has 0 bridgehead atoms. The highest BCUT2D eigenvalue weighted by molar-refractivity contribution is 7.99. The third-order valence-corrected chi connectivity index (χ3v) is 5.31. The molecule has 1 aromatic carbocycles. The van der Waals surface area contributed by atoms with Crippen molar-refractivity contribution in [3.05, 3.63) is 35.9 Å². The summed E-state index contributed by atoms with van der Waals surface area (Å²) in [5.41, 5.74) is 0.882. The second-order valence-corrected chi connectivity index (χ2v) is 6.67. The Morgan fingerprint density at radius 2 is 2.16 bits per heavy atom. The number of carbonyl (C=O) groups excluding carboxylic acids is 1. The molecule has 0 N–H and O–H groups in total. The zero-order valence-electron chi connectivity index (χ0n) is 11.8. The average molecular weight is 276 g/mol. The Morgan fingerprint density at radius 1 is 1.37 bits per heavy atom. The normalized spacial score (nSPS) is 21.0. The minimum absolute atomic E-state index is 0.328. The molecule has 0 amide bonds. The first-order valence-corrected chi connectivity index (χ1v) is 8.62. The molecule has 2 heteroatoms. The second kappa shape index (κ2) is 7.74. The van der Waals surface area contributed by atoms with Crippen LogP contribution in [0.15, 0.2) is 30.3 Å². The number of rotatable bonds is 6. The van der Waals surface area contributed by atoms with Crippen LogP contribution < -0.4 is 0 Å². The molecule has 19 heavy (non-hydrogen) atoms. The van der Waals surface area contributed by atoms with Gasteiger partial charge in [-0.15, -0.1) is 0 Å². The van der Waals surface area contributed by atoms with Gasteiger partial charge in [-0.25, -0.2) is 0 Å². The highest BCUT2D eigenvalue weighted by Gasteiger charge is 2.25. The van der Waals surface area contributed by atoms with Crippen molar-refractivity contribution in [3.8, 4) is 0 Å². The van der Waals surface area contributed by atoms with Crippen molar-refractivity contribution in [3.63, 3.8) is 0 Å². The van der Waals surface area contributed by atoms with Crippen molar-refractivity contribution in [1.29, 1.82) is 0 Å². The lowest BCUT2D eigenvalue weighted by Crippen LogP contribution is -2.23. The number of ketones is 1. The molecule has 0 radical (unpaired) electrons. The zero-order valence-corrected chi connectivity index (χ0v) is 12.6. The van der Waals surface area contributed by atoms with Gasteiger partial charge in [0.15, 0.2) is 5.78 Å². The summed E-state index contributed by atoms with van der Waals surface area (Å²) in [4.78, 5) is 12.4. The number of hydrogen-bond donors (Lipinski definition) is 0. The largest absolute Gasteiger partial charge is 0.294 e. The summed E-state index contributed by atoms with van der Waals surface area (Å²) in [6.45, 7) is 2.23. The molecule has 2 unspecified atom stereocenters. The predicted molar refractivity (Wildman–Crippen MR) is 83.8 cm³/mol. The fourth-order valence-corrected chi connectivity index (χ4v) is 4.27. The van der Waals surface area contributed by atoms with Gasteiger partial charge in [0.2, 0.25) is 0 Å². The molecule has 1 aromatic rings. The van der Waals surface area contributed by atoms with Gasteiger partial charge in [0.25, 0.3) is 0 Å². The molecular formula is C17H24OS. The first-order chi connectivity index (χ1) is 9.31. The van der Waals surface area contributed by atoms with E-state index in [0.717, 1.165) is 17.9 Å². The van der Waals surface area contributed by atoms with Crippen LogP contribution in [0.2, 0.25) is 0 Å². The average Bonchev–Trinajstić information content (AvgIpc) is 2.48. The number of thioether (sulfide) groups is 1. The maximum atomic E-state index is 12.4. The van der Waals surface area contributed by atoms with E-state index in [2.05, 4.69) is 18.7 Å². The van der Waals surface area contributed by atoms with E-state index >= 15 is 0 Å². The Morgan fingerprint density at radius 3 is 2.79 bits per heavy atom. The lowest BCUT2D eigenvalue weighted by atomic mass is 9.82. The fraction of sp³-hybridized carbons (Fsp3) is 0.588. The summed E-state index contributed by atoms with van der Waals surface area (Å²) in [5.74, 6) is 4.24. The second-order valence-electron chi connectivity index (χ2n) is 5.52. The number of carbonyl (C=O) groups is 1. The number of hydrogen-bond acceptors (Lipinski definition) is 2. The summed E-state index contributed by atoms with van der Waals surface area (Å²) < 4.78 is 0. The Balaban J connectivity index is 1.97. The molecule has 104 valence electrons. The number of Topliss-reactive ketones (excluding diaryl/α,β-unsaturated/α-hetero) is 1. The smallest absolute Gasteiger partial charge is 0.163 e. The van der Waals surface area contributed by atoms with Crippen LogP contribution in [0, 0.1) is 11.8 Å². The Bertz CT molecular complexity index is 382. The van der Waals surface area contributed by atoms with E-state index in [4.69, 9.17) is 0 Å². The lowest BCUT2D eigenvalue weighted by Gasteiger charge is -2.29. The summed E-state index contributed by atoms with van der Waals surface area (Å²) in [5, 5.41) is 0. The van der Waals surface area contributed by atoms with Gasteiger partial charge < -0.3 is 0 Å². The van der Waals surface area contributed by atoms with E-state index in [0.29, 0.717) is 11.7 Å². The molecule has 0 aromatic heterocycles. The predicted octanol–water partition coefficient (Wildman–Crippen LogP) is 4.82. The minimum atomic E-state index is 0.328. The Kier molecular flexibility index (Phi) is 5.96. The molecule has 0 spiro atoms. The third kappa shape index (κ3) is 4.38. The van der Waals surface area contributed by atoms with Crippen LogP contribution >= 0.6 is 11.8 Å². The maximum absolute atomic E-state index is 12.4. The van der Waals surface area contributed by atoms with E-state index in [1.54, 1.807) is 0 Å². The van der Waals surface area contributed by atoms with Gasteiger partial charge in [-0.1, -0.05) is 43.7 Å². The first kappa shape index (κ1) is 14.6. The zero-order chi connectivity index (χ0) is 13.5. The lowest BCUT2D eigenvalue weighted by molar-refractivity contribution is 0.0940. The van der Waals surface area contributed by atoms with Crippen molar-refractivity contribution in [2.75, 3.05) is 11.5 Å².